The normalized spacial score (nSPS) is 11.1. The number of hydrogen-bond donors (Lipinski definition) is 5. The molecule has 0 amide bonds. The van der Waals surface area contributed by atoms with E-state index in [0.29, 0.717) is 0 Å². The van der Waals surface area contributed by atoms with Gasteiger partial charge in [0.05, 0.1) is 28.9 Å². The van der Waals surface area contributed by atoms with E-state index in [0.717, 1.165) is 50.2 Å². The highest BCUT2D eigenvalue weighted by Gasteiger charge is 2.66. The van der Waals surface area contributed by atoms with Crippen molar-refractivity contribution in [1.82, 2.24) is 0 Å². The SMILES string of the molecule is C=C(C)C(=O)OC(C(=O)C(=C)C)(C(=O)C(=C)C)C(CO)(COC(=O)c1cc(N)cc(C(=O)O)c1)COC(=O)c1cc(N)cc(C(=O)O)c1. The van der Waals surface area contributed by atoms with Gasteiger partial charge in [0.2, 0.25) is 11.6 Å². The third-order valence-corrected chi connectivity index (χ3v) is 6.89. The molecule has 0 bridgehead atoms. The number of nitrogen functional groups attached to an aromatic ring is 2. The van der Waals surface area contributed by atoms with Gasteiger partial charge >= 0.3 is 29.8 Å². The summed E-state index contributed by atoms with van der Waals surface area (Å²) in [6.07, 6.45) is 0. The second kappa shape index (κ2) is 15.0. The Morgan fingerprint density at radius 1 is 0.646 bits per heavy atom. The number of carbonyl (C=O) groups is 7. The number of hydrogen-bond acceptors (Lipinski definition) is 13. The van der Waals surface area contributed by atoms with Gasteiger partial charge in [0.15, 0.2) is 0 Å². The Labute approximate surface area is 274 Å². The largest absolute Gasteiger partial charge is 0.478 e. The topological polar surface area (TPSA) is 260 Å². The summed E-state index contributed by atoms with van der Waals surface area (Å²) in [5.41, 5.74) is 2.64. The lowest BCUT2D eigenvalue weighted by Crippen LogP contribution is -2.67. The first-order valence-electron chi connectivity index (χ1n) is 13.7. The summed E-state index contributed by atoms with van der Waals surface area (Å²) in [7, 11) is 0. The number of ether oxygens (including phenoxy) is 3. The van der Waals surface area contributed by atoms with Crippen LogP contribution < -0.4 is 11.5 Å². The summed E-state index contributed by atoms with van der Waals surface area (Å²) in [4.78, 5) is 90.6. The van der Waals surface area contributed by atoms with E-state index in [2.05, 4.69) is 19.7 Å². The van der Waals surface area contributed by atoms with E-state index in [4.69, 9.17) is 25.7 Å². The van der Waals surface area contributed by atoms with E-state index in [1.54, 1.807) is 0 Å². The van der Waals surface area contributed by atoms with Crippen LogP contribution in [0.5, 0.6) is 0 Å². The zero-order chi connectivity index (χ0) is 36.7. The maximum absolute atomic E-state index is 14.0. The third kappa shape index (κ3) is 8.00. The van der Waals surface area contributed by atoms with Crippen molar-refractivity contribution in [1.29, 1.82) is 0 Å². The van der Waals surface area contributed by atoms with Crippen molar-refractivity contribution < 1.29 is 63.1 Å². The molecule has 15 heteroatoms. The molecule has 2 aromatic carbocycles. The Hall–Kier alpha value is -6.09. The highest BCUT2D eigenvalue weighted by molar-refractivity contribution is 6.23. The molecular formula is C33H34N2O13. The van der Waals surface area contributed by atoms with Crippen LogP contribution in [0.3, 0.4) is 0 Å². The lowest BCUT2D eigenvalue weighted by molar-refractivity contribution is -0.196. The van der Waals surface area contributed by atoms with Gasteiger partial charge in [-0.05, 0) is 68.3 Å². The Morgan fingerprint density at radius 2 is 1.00 bits per heavy atom. The minimum Gasteiger partial charge on any atom is -0.478 e. The highest BCUT2D eigenvalue weighted by atomic mass is 16.6. The van der Waals surface area contributed by atoms with Gasteiger partial charge in [-0.3, -0.25) is 9.59 Å². The summed E-state index contributed by atoms with van der Waals surface area (Å²) in [5, 5.41) is 29.7. The molecule has 0 aromatic heterocycles. The molecule has 0 radical (unpaired) electrons. The average Bonchev–Trinajstić information content (AvgIpc) is 3.02. The molecule has 0 aliphatic carbocycles. The fourth-order valence-electron chi connectivity index (χ4n) is 4.42. The van der Waals surface area contributed by atoms with E-state index in [1.165, 1.54) is 6.92 Å². The lowest BCUT2D eigenvalue weighted by Gasteiger charge is -2.45. The minimum absolute atomic E-state index is 0.147. The molecule has 0 atom stereocenters. The molecule has 0 aliphatic rings. The summed E-state index contributed by atoms with van der Waals surface area (Å²) >= 11 is 0. The molecule has 15 nitrogen and oxygen atoms in total. The fourth-order valence-corrected chi connectivity index (χ4v) is 4.42. The number of aliphatic hydroxyl groups excluding tert-OH is 1. The Morgan fingerprint density at radius 3 is 1.29 bits per heavy atom. The Bertz CT molecular complexity index is 1650. The predicted molar refractivity (Wildman–Crippen MR) is 169 cm³/mol. The van der Waals surface area contributed by atoms with E-state index < -0.39 is 106 Å². The molecule has 0 heterocycles. The van der Waals surface area contributed by atoms with E-state index in [1.807, 2.05) is 0 Å². The second-order valence-corrected chi connectivity index (χ2v) is 11.0. The quantitative estimate of drug-likeness (QED) is 0.0566. The van der Waals surface area contributed by atoms with Crippen molar-refractivity contribution >= 4 is 52.8 Å². The van der Waals surface area contributed by atoms with Crippen LogP contribution in [0.4, 0.5) is 11.4 Å². The van der Waals surface area contributed by atoms with Gasteiger partial charge in [-0.15, -0.1) is 0 Å². The van der Waals surface area contributed by atoms with Crippen molar-refractivity contribution in [2.24, 2.45) is 5.41 Å². The number of esters is 3. The van der Waals surface area contributed by atoms with Crippen LogP contribution in [0.2, 0.25) is 0 Å². The molecule has 0 aliphatic heterocycles. The summed E-state index contributed by atoms with van der Waals surface area (Å²) in [5.74, 6) is -9.36. The molecule has 0 unspecified atom stereocenters. The number of carbonyl (C=O) groups excluding carboxylic acids is 5. The second-order valence-electron chi connectivity index (χ2n) is 11.0. The number of aliphatic hydroxyl groups is 1. The number of nitrogens with two attached hydrogens (primary N) is 2. The number of Topliss-reactive ketones (excluding diaryl/α,β-unsaturated/α-hetero) is 2. The number of carboxylic acid groups (broad SMARTS) is 2. The minimum atomic E-state index is -3.17. The van der Waals surface area contributed by atoms with Crippen LogP contribution >= 0.6 is 0 Å². The summed E-state index contributed by atoms with van der Waals surface area (Å²) < 4.78 is 16.3. The first kappa shape index (κ1) is 38.1. The van der Waals surface area contributed by atoms with Crippen LogP contribution in [0, 0.1) is 5.41 Å². The smallest absolute Gasteiger partial charge is 0.338 e. The average molecular weight is 667 g/mol. The molecule has 0 saturated heterocycles. The molecule has 2 aromatic rings. The van der Waals surface area contributed by atoms with Gasteiger partial charge in [0.1, 0.15) is 18.6 Å². The van der Waals surface area contributed by atoms with Crippen molar-refractivity contribution in [2.75, 3.05) is 31.3 Å². The number of rotatable bonds is 16. The molecular weight excluding hydrogens is 632 g/mol. The standard InChI is InChI=1S/C33H34N2O13/c1-16(2)25(37)33(26(38)17(3)4,48-29(43)18(5)6)32(13-36,14-46-30(44)21-7-19(27(39)40)9-23(34)11-21)15-47-31(45)22-8-20(28(41)42)10-24(35)12-22/h7-12,36H,1,3,5,13-15,34-35H2,2,4,6H3,(H,39,40)(H,41,42). The highest BCUT2D eigenvalue weighted by Crippen LogP contribution is 2.42. The molecule has 2 rings (SSSR count). The van der Waals surface area contributed by atoms with Crippen LogP contribution in [-0.4, -0.2) is 82.2 Å². The van der Waals surface area contributed by atoms with Crippen molar-refractivity contribution in [3.05, 3.63) is 95.1 Å². The molecule has 0 saturated carbocycles. The first-order valence-corrected chi connectivity index (χ1v) is 13.7. The van der Waals surface area contributed by atoms with Crippen LogP contribution in [0.15, 0.2) is 72.9 Å². The Kier molecular flexibility index (Phi) is 11.9. The molecule has 48 heavy (non-hydrogen) atoms. The number of anilines is 2. The molecule has 0 fully saturated rings. The van der Waals surface area contributed by atoms with E-state index in [9.17, 15) is 48.9 Å². The maximum Gasteiger partial charge on any atom is 0.338 e. The maximum atomic E-state index is 14.0. The zero-order valence-corrected chi connectivity index (χ0v) is 26.3. The number of aromatic carboxylic acids is 2. The predicted octanol–water partition coefficient (Wildman–Crippen LogP) is 2.39. The van der Waals surface area contributed by atoms with Crippen molar-refractivity contribution in [2.45, 2.75) is 26.4 Å². The molecule has 0 spiro atoms. The van der Waals surface area contributed by atoms with Crippen LogP contribution in [0.1, 0.15) is 62.2 Å². The summed E-state index contributed by atoms with van der Waals surface area (Å²) in [6.45, 7) is 10.3. The van der Waals surface area contributed by atoms with Gasteiger partial charge in [-0.2, -0.15) is 0 Å². The van der Waals surface area contributed by atoms with Crippen molar-refractivity contribution in [3.8, 4) is 0 Å². The first-order chi connectivity index (χ1) is 22.2. The van der Waals surface area contributed by atoms with Crippen molar-refractivity contribution in [3.63, 3.8) is 0 Å². The third-order valence-electron chi connectivity index (χ3n) is 6.89. The monoisotopic (exact) mass is 666 g/mol. The molecule has 7 N–H and O–H groups in total. The number of ketones is 2. The fraction of sp³-hybridized carbons (Fsp3) is 0.242. The van der Waals surface area contributed by atoms with Gasteiger partial charge < -0.3 is 41.0 Å². The zero-order valence-electron chi connectivity index (χ0n) is 26.3. The lowest BCUT2D eigenvalue weighted by atomic mass is 9.65. The van der Waals surface area contributed by atoms with Gasteiger partial charge in [-0.1, -0.05) is 19.7 Å². The Balaban J connectivity index is 2.86. The van der Waals surface area contributed by atoms with Gasteiger partial charge in [0, 0.05) is 16.9 Å². The molecule has 254 valence electrons. The van der Waals surface area contributed by atoms with Gasteiger partial charge in [0.25, 0.3) is 5.60 Å². The van der Waals surface area contributed by atoms with Gasteiger partial charge in [-0.25, -0.2) is 24.0 Å². The number of carboxylic acids is 2. The van der Waals surface area contributed by atoms with E-state index in [-0.39, 0.29) is 16.9 Å². The summed E-state index contributed by atoms with van der Waals surface area (Å²) in [6, 6.07) is 6.05. The van der Waals surface area contributed by atoms with Crippen LogP contribution in [0.25, 0.3) is 0 Å². The van der Waals surface area contributed by atoms with E-state index >= 15 is 0 Å². The van der Waals surface area contributed by atoms with Crippen LogP contribution in [-0.2, 0) is 28.6 Å². The number of benzene rings is 2.